The maximum absolute atomic E-state index is 12.3. The zero-order valence-corrected chi connectivity index (χ0v) is 16.7. The molecule has 0 aromatic heterocycles. The van der Waals surface area contributed by atoms with Gasteiger partial charge in [-0.1, -0.05) is 17.7 Å². The minimum atomic E-state index is -0.326. The summed E-state index contributed by atoms with van der Waals surface area (Å²) in [6, 6.07) is 9.35. The van der Waals surface area contributed by atoms with Crippen LogP contribution in [0.4, 0.5) is 5.69 Å². The van der Waals surface area contributed by atoms with Gasteiger partial charge in [0, 0.05) is 9.26 Å². The van der Waals surface area contributed by atoms with E-state index >= 15 is 0 Å². The number of hydrogen-bond acceptors (Lipinski definition) is 2. The summed E-state index contributed by atoms with van der Waals surface area (Å²) in [5.41, 5.74) is 4.48. The van der Waals surface area contributed by atoms with Crippen LogP contribution in [0.25, 0.3) is 0 Å². The van der Waals surface area contributed by atoms with Gasteiger partial charge in [-0.2, -0.15) is 0 Å². The molecule has 1 amide bonds. The number of nitrogens with one attached hydrogen (secondary N) is 2. The van der Waals surface area contributed by atoms with Gasteiger partial charge in [-0.3, -0.25) is 10.1 Å². The molecule has 2 aromatic rings. The Morgan fingerprint density at radius 3 is 2.48 bits per heavy atom. The predicted molar refractivity (Wildman–Crippen MR) is 109 cm³/mol. The van der Waals surface area contributed by atoms with E-state index in [9.17, 15) is 4.79 Å². The molecule has 0 heterocycles. The van der Waals surface area contributed by atoms with Crippen LogP contribution in [-0.2, 0) is 0 Å². The van der Waals surface area contributed by atoms with Crippen LogP contribution in [0.5, 0.6) is 0 Å². The lowest BCUT2D eigenvalue weighted by atomic mass is 10.1. The molecule has 0 saturated carbocycles. The third-order valence-corrected chi connectivity index (χ3v) is 5.03. The number of amides is 1. The number of thiocarbonyl (C=S) groups is 1. The molecule has 2 rings (SSSR count). The molecular formula is C17H16ClIN2OS. The molecule has 0 aliphatic heterocycles. The maximum Gasteiger partial charge on any atom is 0.258 e. The third-order valence-electron chi connectivity index (χ3n) is 3.35. The number of carbonyl (C=O) groups is 1. The summed E-state index contributed by atoms with van der Waals surface area (Å²) in [5.74, 6) is -0.326. The Kier molecular flexibility index (Phi) is 6.00. The molecule has 0 radical (unpaired) electrons. The van der Waals surface area contributed by atoms with E-state index < -0.39 is 0 Å². The van der Waals surface area contributed by atoms with Crippen LogP contribution in [0.1, 0.15) is 27.0 Å². The van der Waals surface area contributed by atoms with Gasteiger partial charge in [0.15, 0.2) is 5.11 Å². The van der Waals surface area contributed by atoms with Gasteiger partial charge in [0.05, 0.1) is 10.6 Å². The van der Waals surface area contributed by atoms with Crippen molar-refractivity contribution < 1.29 is 4.79 Å². The summed E-state index contributed by atoms with van der Waals surface area (Å²) in [7, 11) is 0. The second-order valence-corrected chi connectivity index (χ2v) is 7.29. The van der Waals surface area contributed by atoms with E-state index in [1.165, 1.54) is 3.57 Å². The highest BCUT2D eigenvalue weighted by Gasteiger charge is 2.12. The fraction of sp³-hybridized carbons (Fsp3) is 0.176. The predicted octanol–water partition coefficient (Wildman–Crippen LogP) is 5.00. The summed E-state index contributed by atoms with van der Waals surface area (Å²) in [6.07, 6.45) is 0. The average Bonchev–Trinajstić information content (AvgIpc) is 2.44. The normalized spacial score (nSPS) is 10.3. The number of anilines is 1. The summed E-state index contributed by atoms with van der Waals surface area (Å²) >= 11 is 13.6. The minimum Gasteiger partial charge on any atom is -0.332 e. The molecule has 23 heavy (non-hydrogen) atoms. The fourth-order valence-electron chi connectivity index (χ4n) is 2.04. The number of rotatable bonds is 2. The molecule has 0 bridgehead atoms. The average molecular weight is 459 g/mol. The first-order chi connectivity index (χ1) is 10.8. The van der Waals surface area contributed by atoms with Crippen molar-refractivity contribution in [1.82, 2.24) is 5.32 Å². The highest BCUT2D eigenvalue weighted by atomic mass is 127. The van der Waals surface area contributed by atoms with Crippen molar-refractivity contribution >= 4 is 63.1 Å². The summed E-state index contributed by atoms with van der Waals surface area (Å²) in [6.45, 7) is 5.94. The Bertz CT molecular complexity index is 792. The molecule has 0 unspecified atom stereocenters. The number of benzene rings is 2. The van der Waals surface area contributed by atoms with Gasteiger partial charge in [0.1, 0.15) is 0 Å². The highest BCUT2D eigenvalue weighted by Crippen LogP contribution is 2.22. The number of hydrogen-bond donors (Lipinski definition) is 2. The van der Waals surface area contributed by atoms with Crippen molar-refractivity contribution in [3.63, 3.8) is 0 Å². The van der Waals surface area contributed by atoms with Crippen molar-refractivity contribution in [2.45, 2.75) is 20.8 Å². The van der Waals surface area contributed by atoms with Crippen LogP contribution in [0, 0.1) is 24.3 Å². The van der Waals surface area contributed by atoms with Crippen LogP contribution in [0.15, 0.2) is 30.3 Å². The molecule has 0 aliphatic carbocycles. The van der Waals surface area contributed by atoms with Crippen LogP contribution in [0.3, 0.4) is 0 Å². The van der Waals surface area contributed by atoms with Gasteiger partial charge in [-0.25, -0.2) is 0 Å². The van der Waals surface area contributed by atoms with E-state index in [2.05, 4.69) is 39.3 Å². The van der Waals surface area contributed by atoms with Crippen LogP contribution >= 0.6 is 46.4 Å². The largest absolute Gasteiger partial charge is 0.332 e. The van der Waals surface area contributed by atoms with Crippen molar-refractivity contribution in [3.05, 3.63) is 61.2 Å². The monoisotopic (exact) mass is 458 g/mol. The van der Waals surface area contributed by atoms with Gasteiger partial charge in [0.25, 0.3) is 5.91 Å². The molecule has 0 saturated heterocycles. The molecule has 2 N–H and O–H groups in total. The van der Waals surface area contributed by atoms with E-state index in [1.54, 1.807) is 12.1 Å². The van der Waals surface area contributed by atoms with Crippen LogP contribution in [0.2, 0.25) is 5.02 Å². The minimum absolute atomic E-state index is 0.246. The first kappa shape index (κ1) is 18.2. The van der Waals surface area contributed by atoms with Crippen molar-refractivity contribution in [2.24, 2.45) is 0 Å². The second kappa shape index (κ2) is 7.59. The van der Waals surface area contributed by atoms with Gasteiger partial charge in [-0.15, -0.1) is 0 Å². The quantitative estimate of drug-likeness (QED) is 0.492. The summed E-state index contributed by atoms with van der Waals surface area (Å²) in [4.78, 5) is 12.3. The van der Waals surface area contributed by atoms with Gasteiger partial charge in [-0.05, 0) is 96.5 Å². The molecule has 3 nitrogen and oxygen atoms in total. The molecule has 0 atom stereocenters. The Hall–Kier alpha value is -1.18. The van der Waals surface area contributed by atoms with Crippen LogP contribution < -0.4 is 10.6 Å². The van der Waals surface area contributed by atoms with E-state index in [0.29, 0.717) is 10.6 Å². The zero-order chi connectivity index (χ0) is 17.1. The molecule has 0 fully saturated rings. The smallest absolute Gasteiger partial charge is 0.258 e. The van der Waals surface area contributed by atoms with E-state index in [4.69, 9.17) is 23.8 Å². The van der Waals surface area contributed by atoms with Gasteiger partial charge in [0.2, 0.25) is 0 Å². The zero-order valence-electron chi connectivity index (χ0n) is 13.0. The molecule has 120 valence electrons. The lowest BCUT2D eigenvalue weighted by molar-refractivity contribution is 0.0978. The van der Waals surface area contributed by atoms with Crippen molar-refractivity contribution in [1.29, 1.82) is 0 Å². The standard InChI is InChI=1S/C17H16ClIN2OS/c1-9-4-5-12(13(18)6-9)16(22)21-17(23)20-15-8-10(2)14(19)7-11(15)3/h4-8H,1-3H3,(H2,20,21,22,23). The highest BCUT2D eigenvalue weighted by molar-refractivity contribution is 14.1. The molecule has 0 spiro atoms. The SMILES string of the molecule is Cc1ccc(C(=O)NC(=S)Nc2cc(C)c(I)cc2C)c(Cl)c1. The van der Waals surface area contributed by atoms with Crippen molar-refractivity contribution in [3.8, 4) is 0 Å². The third kappa shape index (κ3) is 4.65. The lowest BCUT2D eigenvalue weighted by Crippen LogP contribution is -2.34. The first-order valence-corrected chi connectivity index (χ1v) is 8.79. The summed E-state index contributed by atoms with van der Waals surface area (Å²) < 4.78 is 1.19. The Balaban J connectivity index is 2.10. The molecular weight excluding hydrogens is 443 g/mol. The summed E-state index contributed by atoms with van der Waals surface area (Å²) in [5, 5.41) is 6.38. The van der Waals surface area contributed by atoms with Crippen LogP contribution in [-0.4, -0.2) is 11.0 Å². The Morgan fingerprint density at radius 1 is 1.13 bits per heavy atom. The second-order valence-electron chi connectivity index (χ2n) is 5.31. The molecule has 2 aromatic carbocycles. The topological polar surface area (TPSA) is 41.1 Å². The molecule has 0 aliphatic rings. The van der Waals surface area contributed by atoms with E-state index in [-0.39, 0.29) is 11.0 Å². The van der Waals surface area contributed by atoms with Gasteiger partial charge >= 0.3 is 0 Å². The fourth-order valence-corrected chi connectivity index (χ4v) is 3.19. The maximum atomic E-state index is 12.3. The van der Waals surface area contributed by atoms with Crippen molar-refractivity contribution in [2.75, 3.05) is 5.32 Å². The lowest BCUT2D eigenvalue weighted by Gasteiger charge is -2.14. The van der Waals surface area contributed by atoms with Gasteiger partial charge < -0.3 is 5.32 Å². The van der Waals surface area contributed by atoms with E-state index in [1.807, 2.05) is 32.9 Å². The Morgan fingerprint density at radius 2 is 1.83 bits per heavy atom. The molecule has 6 heteroatoms. The van der Waals surface area contributed by atoms with E-state index in [0.717, 1.165) is 22.4 Å². The number of carbonyl (C=O) groups excluding carboxylic acids is 1. The first-order valence-electron chi connectivity index (χ1n) is 6.93. The number of halogens is 2. The number of aryl methyl sites for hydroxylation is 3. The Labute approximate surface area is 159 Å².